The SMILES string of the molecule is COc1ccc(Cl)cc1CNCCCCCCC(C)C. The first-order valence-corrected chi connectivity index (χ1v) is 8.04. The van der Waals surface area contributed by atoms with Crippen molar-refractivity contribution in [1.82, 2.24) is 5.32 Å². The minimum Gasteiger partial charge on any atom is -0.496 e. The number of halogens is 1. The van der Waals surface area contributed by atoms with E-state index in [1.807, 2.05) is 18.2 Å². The van der Waals surface area contributed by atoms with Crippen molar-refractivity contribution in [3.05, 3.63) is 28.8 Å². The molecule has 0 unspecified atom stereocenters. The second kappa shape index (κ2) is 10.1. The second-order valence-electron chi connectivity index (χ2n) is 5.73. The van der Waals surface area contributed by atoms with E-state index < -0.39 is 0 Å². The molecule has 1 N–H and O–H groups in total. The van der Waals surface area contributed by atoms with Crippen LogP contribution >= 0.6 is 11.6 Å². The maximum absolute atomic E-state index is 6.01. The average molecular weight is 298 g/mol. The third-order valence-electron chi connectivity index (χ3n) is 3.44. The van der Waals surface area contributed by atoms with Crippen LogP contribution < -0.4 is 10.1 Å². The zero-order valence-electron chi connectivity index (χ0n) is 13.0. The molecule has 2 nitrogen and oxygen atoms in total. The second-order valence-corrected chi connectivity index (χ2v) is 6.17. The van der Waals surface area contributed by atoms with E-state index in [1.165, 1.54) is 32.1 Å². The zero-order chi connectivity index (χ0) is 14.8. The van der Waals surface area contributed by atoms with Gasteiger partial charge in [0, 0.05) is 17.1 Å². The number of unbranched alkanes of at least 4 members (excludes halogenated alkanes) is 3. The number of hydrogen-bond donors (Lipinski definition) is 1. The lowest BCUT2D eigenvalue weighted by atomic mass is 10.0. The molecule has 20 heavy (non-hydrogen) atoms. The highest BCUT2D eigenvalue weighted by Crippen LogP contribution is 2.22. The summed E-state index contributed by atoms with van der Waals surface area (Å²) in [6, 6.07) is 5.75. The molecule has 0 atom stereocenters. The molecule has 114 valence electrons. The molecule has 0 aliphatic rings. The summed E-state index contributed by atoms with van der Waals surface area (Å²) in [5.74, 6) is 1.74. The Labute approximate surface area is 128 Å². The third kappa shape index (κ3) is 7.16. The van der Waals surface area contributed by atoms with Crippen molar-refractivity contribution in [3.8, 4) is 5.75 Å². The van der Waals surface area contributed by atoms with E-state index in [0.29, 0.717) is 0 Å². The molecule has 1 rings (SSSR count). The Morgan fingerprint density at radius 2 is 1.90 bits per heavy atom. The van der Waals surface area contributed by atoms with E-state index in [1.54, 1.807) is 7.11 Å². The van der Waals surface area contributed by atoms with Crippen LogP contribution in [0, 0.1) is 5.92 Å². The molecular weight excluding hydrogens is 270 g/mol. The highest BCUT2D eigenvalue weighted by Gasteiger charge is 2.03. The van der Waals surface area contributed by atoms with E-state index in [0.717, 1.165) is 35.3 Å². The third-order valence-corrected chi connectivity index (χ3v) is 3.68. The first kappa shape index (κ1) is 17.3. The van der Waals surface area contributed by atoms with Crippen molar-refractivity contribution in [1.29, 1.82) is 0 Å². The van der Waals surface area contributed by atoms with Gasteiger partial charge in [0.2, 0.25) is 0 Å². The lowest BCUT2D eigenvalue weighted by Crippen LogP contribution is -2.15. The van der Waals surface area contributed by atoms with Crippen LogP contribution in [0.5, 0.6) is 5.75 Å². The van der Waals surface area contributed by atoms with Crippen LogP contribution in [0.3, 0.4) is 0 Å². The molecule has 0 bridgehead atoms. The Balaban J connectivity index is 2.13. The molecule has 0 radical (unpaired) electrons. The molecule has 1 aromatic carbocycles. The number of rotatable bonds is 10. The summed E-state index contributed by atoms with van der Waals surface area (Å²) >= 11 is 6.01. The van der Waals surface area contributed by atoms with Crippen molar-refractivity contribution in [3.63, 3.8) is 0 Å². The quantitative estimate of drug-likeness (QED) is 0.611. The standard InChI is InChI=1S/C17H28ClNO/c1-14(2)8-6-4-5-7-11-19-13-15-12-16(18)9-10-17(15)20-3/h9-10,12,14,19H,4-8,11,13H2,1-3H3. The van der Waals surface area contributed by atoms with Gasteiger partial charge >= 0.3 is 0 Å². The number of nitrogens with one attached hydrogen (secondary N) is 1. The molecular formula is C17H28ClNO. The van der Waals surface area contributed by atoms with Gasteiger partial charge in [-0.15, -0.1) is 0 Å². The fourth-order valence-corrected chi connectivity index (χ4v) is 2.46. The van der Waals surface area contributed by atoms with Crippen LogP contribution in [-0.4, -0.2) is 13.7 Å². The highest BCUT2D eigenvalue weighted by atomic mass is 35.5. The number of hydrogen-bond acceptors (Lipinski definition) is 2. The summed E-state index contributed by atoms with van der Waals surface area (Å²) in [5.41, 5.74) is 1.12. The molecule has 0 heterocycles. The largest absolute Gasteiger partial charge is 0.496 e. The van der Waals surface area contributed by atoms with Crippen LogP contribution in [0.15, 0.2) is 18.2 Å². The Morgan fingerprint density at radius 3 is 2.60 bits per heavy atom. The van der Waals surface area contributed by atoms with Gasteiger partial charge in [-0.2, -0.15) is 0 Å². The number of methoxy groups -OCH3 is 1. The minimum atomic E-state index is 0.760. The molecule has 1 aromatic rings. The van der Waals surface area contributed by atoms with Crippen LogP contribution in [0.2, 0.25) is 5.02 Å². The van der Waals surface area contributed by atoms with E-state index in [-0.39, 0.29) is 0 Å². The van der Waals surface area contributed by atoms with E-state index in [4.69, 9.17) is 16.3 Å². The molecule has 0 fully saturated rings. The van der Waals surface area contributed by atoms with E-state index in [2.05, 4.69) is 19.2 Å². The Kier molecular flexibility index (Phi) is 8.72. The van der Waals surface area contributed by atoms with Gasteiger partial charge in [-0.1, -0.05) is 51.1 Å². The normalized spacial score (nSPS) is 11.1. The van der Waals surface area contributed by atoms with Gasteiger partial charge in [0.25, 0.3) is 0 Å². The fourth-order valence-electron chi connectivity index (χ4n) is 2.26. The predicted octanol–water partition coefficient (Wildman–Crippen LogP) is 5.04. The lowest BCUT2D eigenvalue weighted by Gasteiger charge is -2.10. The van der Waals surface area contributed by atoms with Crippen molar-refractivity contribution in [2.45, 2.75) is 52.5 Å². The van der Waals surface area contributed by atoms with Gasteiger partial charge < -0.3 is 10.1 Å². The molecule has 0 spiro atoms. The summed E-state index contributed by atoms with van der Waals surface area (Å²) < 4.78 is 5.33. The summed E-state index contributed by atoms with van der Waals surface area (Å²) in [6.45, 7) is 6.45. The fraction of sp³-hybridized carbons (Fsp3) is 0.647. The summed E-state index contributed by atoms with van der Waals surface area (Å²) in [6.07, 6.45) is 6.61. The predicted molar refractivity (Wildman–Crippen MR) is 87.6 cm³/mol. The smallest absolute Gasteiger partial charge is 0.123 e. The van der Waals surface area contributed by atoms with Gasteiger partial charge in [-0.05, 0) is 37.1 Å². The van der Waals surface area contributed by atoms with Crippen molar-refractivity contribution >= 4 is 11.6 Å². The van der Waals surface area contributed by atoms with Gasteiger partial charge in [0.05, 0.1) is 7.11 Å². The van der Waals surface area contributed by atoms with Gasteiger partial charge in [-0.3, -0.25) is 0 Å². The molecule has 0 aliphatic carbocycles. The summed E-state index contributed by atoms with van der Waals surface area (Å²) in [4.78, 5) is 0. The molecule has 3 heteroatoms. The topological polar surface area (TPSA) is 21.3 Å². The molecule has 0 aliphatic heterocycles. The van der Waals surface area contributed by atoms with Crippen molar-refractivity contribution < 1.29 is 4.74 Å². The average Bonchev–Trinajstić information content (AvgIpc) is 2.41. The minimum absolute atomic E-state index is 0.760. The zero-order valence-corrected chi connectivity index (χ0v) is 13.8. The lowest BCUT2D eigenvalue weighted by molar-refractivity contribution is 0.407. The Hall–Kier alpha value is -0.730. The highest BCUT2D eigenvalue weighted by molar-refractivity contribution is 6.30. The van der Waals surface area contributed by atoms with Crippen LogP contribution in [0.1, 0.15) is 51.5 Å². The molecule has 0 aromatic heterocycles. The Morgan fingerprint density at radius 1 is 1.15 bits per heavy atom. The molecule has 0 saturated heterocycles. The van der Waals surface area contributed by atoms with Gasteiger partial charge in [-0.25, -0.2) is 0 Å². The van der Waals surface area contributed by atoms with Crippen molar-refractivity contribution in [2.75, 3.05) is 13.7 Å². The van der Waals surface area contributed by atoms with Crippen LogP contribution in [0.4, 0.5) is 0 Å². The number of benzene rings is 1. The van der Waals surface area contributed by atoms with Crippen LogP contribution in [0.25, 0.3) is 0 Å². The summed E-state index contributed by atoms with van der Waals surface area (Å²) in [7, 11) is 1.70. The van der Waals surface area contributed by atoms with Crippen molar-refractivity contribution in [2.24, 2.45) is 5.92 Å². The first-order chi connectivity index (χ1) is 9.63. The summed E-state index contributed by atoms with van der Waals surface area (Å²) in [5, 5.41) is 4.23. The van der Waals surface area contributed by atoms with Gasteiger partial charge in [0.1, 0.15) is 5.75 Å². The van der Waals surface area contributed by atoms with Crippen LogP contribution in [-0.2, 0) is 6.54 Å². The number of ether oxygens (including phenoxy) is 1. The van der Waals surface area contributed by atoms with Gasteiger partial charge in [0.15, 0.2) is 0 Å². The monoisotopic (exact) mass is 297 g/mol. The molecule has 0 saturated carbocycles. The van der Waals surface area contributed by atoms with E-state index in [9.17, 15) is 0 Å². The van der Waals surface area contributed by atoms with E-state index >= 15 is 0 Å². The maximum Gasteiger partial charge on any atom is 0.123 e. The Bertz CT molecular complexity index is 379. The first-order valence-electron chi connectivity index (χ1n) is 7.66. The maximum atomic E-state index is 6.01. The molecule has 0 amide bonds.